The van der Waals surface area contributed by atoms with Gasteiger partial charge in [-0.3, -0.25) is 9.59 Å². The van der Waals surface area contributed by atoms with E-state index >= 15 is 0 Å². The molecule has 0 aliphatic heterocycles. The van der Waals surface area contributed by atoms with Gasteiger partial charge in [-0.15, -0.1) is 5.10 Å². The van der Waals surface area contributed by atoms with Crippen LogP contribution in [0.4, 0.5) is 0 Å². The number of carbonyl (C=O) groups excluding carboxylic acids is 2. The molecule has 0 bridgehead atoms. The van der Waals surface area contributed by atoms with Crippen LogP contribution in [0.15, 0.2) is 30.6 Å². The molecule has 2 aromatic rings. The first-order valence-corrected chi connectivity index (χ1v) is 6.98. The van der Waals surface area contributed by atoms with Gasteiger partial charge in [0.05, 0.1) is 17.9 Å². The summed E-state index contributed by atoms with van der Waals surface area (Å²) in [6, 6.07) is 6.84. The first-order valence-electron chi connectivity index (χ1n) is 6.98. The highest BCUT2D eigenvalue weighted by Gasteiger charge is 2.14. The number of ether oxygens (including phenoxy) is 1. The molecule has 116 valence electrons. The standard InChI is InChI=1S/C14H17N5O3/c1-2-3-8-22-13(20)9-15-14(21)11-6-4-5-7-12(11)19-10-16-17-18-19/h4-7,10H,2-3,8-9H2,1H3,(H,15,21). The molecule has 1 heterocycles. The zero-order valence-corrected chi connectivity index (χ0v) is 12.2. The fourth-order valence-corrected chi connectivity index (χ4v) is 1.77. The van der Waals surface area contributed by atoms with Crippen molar-refractivity contribution in [2.75, 3.05) is 13.2 Å². The highest BCUT2D eigenvalue weighted by Crippen LogP contribution is 2.12. The molecule has 8 nitrogen and oxygen atoms in total. The molecule has 0 radical (unpaired) electrons. The Hall–Kier alpha value is -2.77. The van der Waals surface area contributed by atoms with E-state index in [4.69, 9.17) is 4.74 Å². The van der Waals surface area contributed by atoms with Crippen LogP contribution in [-0.2, 0) is 9.53 Å². The van der Waals surface area contributed by atoms with Crippen LogP contribution in [0.25, 0.3) is 5.69 Å². The maximum atomic E-state index is 12.2. The molecule has 0 spiro atoms. The Labute approximate surface area is 127 Å². The quantitative estimate of drug-likeness (QED) is 0.598. The van der Waals surface area contributed by atoms with Gasteiger partial charge >= 0.3 is 5.97 Å². The number of benzene rings is 1. The highest BCUT2D eigenvalue weighted by molar-refractivity contribution is 5.99. The molecule has 22 heavy (non-hydrogen) atoms. The average molecular weight is 303 g/mol. The molecular weight excluding hydrogens is 286 g/mol. The lowest BCUT2D eigenvalue weighted by Crippen LogP contribution is -2.31. The smallest absolute Gasteiger partial charge is 0.325 e. The van der Waals surface area contributed by atoms with Crippen LogP contribution < -0.4 is 5.32 Å². The molecule has 0 aliphatic carbocycles. The number of nitrogens with zero attached hydrogens (tertiary/aromatic N) is 4. The molecule has 0 atom stereocenters. The van der Waals surface area contributed by atoms with E-state index in [1.807, 2.05) is 6.92 Å². The van der Waals surface area contributed by atoms with Gasteiger partial charge in [0.25, 0.3) is 5.91 Å². The zero-order chi connectivity index (χ0) is 15.8. The van der Waals surface area contributed by atoms with Gasteiger partial charge in [0.1, 0.15) is 12.9 Å². The Bertz CT molecular complexity index is 627. The van der Waals surface area contributed by atoms with Crippen LogP contribution in [0.3, 0.4) is 0 Å². The molecule has 1 aromatic carbocycles. The lowest BCUT2D eigenvalue weighted by molar-refractivity contribution is -0.142. The predicted octanol–water partition coefficient (Wildman–Crippen LogP) is 0.735. The summed E-state index contributed by atoms with van der Waals surface area (Å²) in [5, 5.41) is 13.4. The fraction of sp³-hybridized carbons (Fsp3) is 0.357. The second-order valence-corrected chi connectivity index (χ2v) is 4.53. The number of carbonyl (C=O) groups is 2. The van der Waals surface area contributed by atoms with Crippen molar-refractivity contribution in [2.45, 2.75) is 19.8 Å². The number of aromatic nitrogens is 4. The van der Waals surface area contributed by atoms with E-state index in [1.165, 1.54) is 11.0 Å². The normalized spacial score (nSPS) is 10.2. The Balaban J connectivity index is 1.97. The minimum absolute atomic E-state index is 0.174. The van der Waals surface area contributed by atoms with Crippen LogP contribution in [0.5, 0.6) is 0 Å². The lowest BCUT2D eigenvalue weighted by atomic mass is 10.1. The number of nitrogens with one attached hydrogen (secondary N) is 1. The summed E-state index contributed by atoms with van der Waals surface area (Å²) in [7, 11) is 0. The molecular formula is C14H17N5O3. The number of hydrogen-bond acceptors (Lipinski definition) is 6. The fourth-order valence-electron chi connectivity index (χ4n) is 1.77. The number of amides is 1. The second kappa shape index (κ2) is 7.87. The number of unbranched alkanes of at least 4 members (excludes halogenated alkanes) is 1. The maximum absolute atomic E-state index is 12.2. The zero-order valence-electron chi connectivity index (χ0n) is 12.2. The molecule has 1 N–H and O–H groups in total. The third kappa shape index (κ3) is 4.11. The topological polar surface area (TPSA) is 99.0 Å². The average Bonchev–Trinajstić information content (AvgIpc) is 3.07. The predicted molar refractivity (Wildman–Crippen MR) is 77.4 cm³/mol. The number of hydrogen-bond donors (Lipinski definition) is 1. The number of tetrazole rings is 1. The van der Waals surface area contributed by atoms with Crippen molar-refractivity contribution in [3.05, 3.63) is 36.2 Å². The van der Waals surface area contributed by atoms with Crippen LogP contribution in [0, 0.1) is 0 Å². The number of rotatable bonds is 7. The molecule has 0 fully saturated rings. The molecule has 0 saturated carbocycles. The second-order valence-electron chi connectivity index (χ2n) is 4.53. The van der Waals surface area contributed by atoms with Gasteiger partial charge in [0.15, 0.2) is 0 Å². The van der Waals surface area contributed by atoms with E-state index in [-0.39, 0.29) is 6.54 Å². The molecule has 0 saturated heterocycles. The molecule has 8 heteroatoms. The van der Waals surface area contributed by atoms with Gasteiger partial charge in [-0.2, -0.15) is 4.68 Å². The Morgan fingerprint density at radius 3 is 2.86 bits per heavy atom. The van der Waals surface area contributed by atoms with E-state index in [1.54, 1.807) is 24.3 Å². The summed E-state index contributed by atoms with van der Waals surface area (Å²) in [6.07, 6.45) is 3.14. The summed E-state index contributed by atoms with van der Waals surface area (Å²) in [4.78, 5) is 23.7. The van der Waals surface area contributed by atoms with E-state index < -0.39 is 11.9 Å². The van der Waals surface area contributed by atoms with Crippen molar-refractivity contribution >= 4 is 11.9 Å². The first kappa shape index (κ1) is 15.6. The van der Waals surface area contributed by atoms with E-state index in [0.717, 1.165) is 12.8 Å². The monoisotopic (exact) mass is 303 g/mol. The van der Waals surface area contributed by atoms with Crippen LogP contribution in [0.2, 0.25) is 0 Å². The third-order valence-corrected chi connectivity index (χ3v) is 2.90. The van der Waals surface area contributed by atoms with Crippen molar-refractivity contribution < 1.29 is 14.3 Å². The minimum atomic E-state index is -0.457. The van der Waals surface area contributed by atoms with Gasteiger partial charge in [0, 0.05) is 0 Å². The van der Waals surface area contributed by atoms with Crippen molar-refractivity contribution in [3.8, 4) is 5.69 Å². The van der Waals surface area contributed by atoms with E-state index in [9.17, 15) is 9.59 Å². The molecule has 2 rings (SSSR count). The van der Waals surface area contributed by atoms with Crippen molar-refractivity contribution in [2.24, 2.45) is 0 Å². The summed E-state index contributed by atoms with van der Waals surface area (Å²) in [5.74, 6) is -0.847. The van der Waals surface area contributed by atoms with E-state index in [2.05, 4.69) is 20.8 Å². The largest absolute Gasteiger partial charge is 0.464 e. The Kier molecular flexibility index (Phi) is 5.58. The van der Waals surface area contributed by atoms with Crippen LogP contribution in [-0.4, -0.2) is 45.2 Å². The maximum Gasteiger partial charge on any atom is 0.325 e. The molecule has 1 amide bonds. The van der Waals surface area contributed by atoms with Gasteiger partial charge in [-0.25, -0.2) is 0 Å². The van der Waals surface area contributed by atoms with Gasteiger partial charge in [-0.1, -0.05) is 25.5 Å². The summed E-state index contributed by atoms with van der Waals surface area (Å²) >= 11 is 0. The van der Waals surface area contributed by atoms with Crippen molar-refractivity contribution in [3.63, 3.8) is 0 Å². The molecule has 0 aliphatic rings. The summed E-state index contributed by atoms with van der Waals surface area (Å²) < 4.78 is 6.36. The van der Waals surface area contributed by atoms with Gasteiger partial charge in [0.2, 0.25) is 0 Å². The van der Waals surface area contributed by atoms with Gasteiger partial charge < -0.3 is 10.1 Å². The van der Waals surface area contributed by atoms with Crippen molar-refractivity contribution in [1.29, 1.82) is 0 Å². The summed E-state index contributed by atoms with van der Waals surface area (Å²) in [5.41, 5.74) is 0.903. The highest BCUT2D eigenvalue weighted by atomic mass is 16.5. The summed E-state index contributed by atoms with van der Waals surface area (Å²) in [6.45, 7) is 2.20. The van der Waals surface area contributed by atoms with Crippen molar-refractivity contribution in [1.82, 2.24) is 25.5 Å². The van der Waals surface area contributed by atoms with Crippen LogP contribution >= 0.6 is 0 Å². The third-order valence-electron chi connectivity index (χ3n) is 2.90. The first-order chi connectivity index (χ1) is 10.7. The molecule has 0 unspecified atom stereocenters. The van der Waals surface area contributed by atoms with Crippen LogP contribution in [0.1, 0.15) is 30.1 Å². The minimum Gasteiger partial charge on any atom is -0.464 e. The lowest BCUT2D eigenvalue weighted by Gasteiger charge is -2.09. The number of para-hydroxylation sites is 1. The molecule has 1 aromatic heterocycles. The van der Waals surface area contributed by atoms with Gasteiger partial charge in [-0.05, 0) is 29.0 Å². The van der Waals surface area contributed by atoms with E-state index in [0.29, 0.717) is 17.9 Å². The SMILES string of the molecule is CCCCOC(=O)CNC(=O)c1ccccc1-n1cnnn1. The number of esters is 1. The Morgan fingerprint density at radius 1 is 1.32 bits per heavy atom. The Morgan fingerprint density at radius 2 is 2.14 bits per heavy atom.